The van der Waals surface area contributed by atoms with Crippen LogP contribution in [0.1, 0.15) is 30.1 Å². The molecule has 0 unspecified atom stereocenters. The summed E-state index contributed by atoms with van der Waals surface area (Å²) in [7, 11) is 0. The van der Waals surface area contributed by atoms with Crippen molar-refractivity contribution in [3.8, 4) is 0 Å². The Labute approximate surface area is 119 Å². The highest BCUT2D eigenvalue weighted by molar-refractivity contribution is 5.94. The van der Waals surface area contributed by atoms with Gasteiger partial charge in [-0.25, -0.2) is 4.79 Å². The predicted octanol–water partition coefficient (Wildman–Crippen LogP) is 2.41. The Bertz CT molecular complexity index is 498. The Morgan fingerprint density at radius 1 is 1.20 bits per heavy atom. The second-order valence-corrected chi connectivity index (χ2v) is 4.71. The van der Waals surface area contributed by atoms with Crippen molar-refractivity contribution in [2.24, 2.45) is 0 Å². The minimum Gasteiger partial charge on any atom is -0.463 e. The molecule has 1 aliphatic rings. The molecule has 1 aliphatic heterocycles. The second-order valence-electron chi connectivity index (χ2n) is 4.71. The van der Waals surface area contributed by atoms with Crippen LogP contribution in [0.25, 0.3) is 0 Å². The minimum atomic E-state index is -0.287. The van der Waals surface area contributed by atoms with Crippen molar-refractivity contribution >= 4 is 11.9 Å². The highest BCUT2D eigenvalue weighted by Gasteiger charge is 2.20. The van der Waals surface area contributed by atoms with Crippen molar-refractivity contribution in [1.29, 1.82) is 0 Å². The van der Waals surface area contributed by atoms with Crippen LogP contribution in [0.3, 0.4) is 0 Å². The maximum Gasteiger partial charge on any atom is 0.330 e. The number of likely N-dealkylation sites (tertiary alicyclic amines) is 1. The third-order valence-electron chi connectivity index (χ3n) is 3.32. The molecule has 4 heteroatoms. The summed E-state index contributed by atoms with van der Waals surface area (Å²) in [5, 5.41) is 0. The summed E-state index contributed by atoms with van der Waals surface area (Å²) >= 11 is 0. The van der Waals surface area contributed by atoms with Crippen LogP contribution in [0.2, 0.25) is 0 Å². The van der Waals surface area contributed by atoms with E-state index in [9.17, 15) is 9.59 Å². The molecule has 1 heterocycles. The molecule has 20 heavy (non-hydrogen) atoms. The Balaban J connectivity index is 1.91. The van der Waals surface area contributed by atoms with Gasteiger partial charge >= 0.3 is 5.97 Å². The SMILES string of the molecule is CCOC(=O)C=C1CCN(C(=O)c2ccccc2)CC1. The van der Waals surface area contributed by atoms with Gasteiger partial charge in [0.05, 0.1) is 6.61 Å². The second kappa shape index (κ2) is 6.89. The van der Waals surface area contributed by atoms with Crippen LogP contribution in [0.5, 0.6) is 0 Å². The lowest BCUT2D eigenvalue weighted by Crippen LogP contribution is -2.36. The maximum absolute atomic E-state index is 12.2. The zero-order valence-electron chi connectivity index (χ0n) is 11.7. The van der Waals surface area contributed by atoms with Crippen LogP contribution in [0.4, 0.5) is 0 Å². The number of piperidine rings is 1. The molecular formula is C16H19NO3. The fourth-order valence-corrected chi connectivity index (χ4v) is 2.26. The van der Waals surface area contributed by atoms with Crippen LogP contribution in [-0.4, -0.2) is 36.5 Å². The summed E-state index contributed by atoms with van der Waals surface area (Å²) in [5.41, 5.74) is 1.77. The highest BCUT2D eigenvalue weighted by Crippen LogP contribution is 2.18. The quantitative estimate of drug-likeness (QED) is 0.627. The van der Waals surface area contributed by atoms with E-state index in [-0.39, 0.29) is 11.9 Å². The number of carbonyl (C=O) groups excluding carboxylic acids is 2. The van der Waals surface area contributed by atoms with Gasteiger partial charge in [0.15, 0.2) is 0 Å². The number of nitrogens with zero attached hydrogens (tertiary/aromatic N) is 1. The van der Waals surface area contributed by atoms with Crippen molar-refractivity contribution in [1.82, 2.24) is 4.90 Å². The largest absolute Gasteiger partial charge is 0.463 e. The molecule has 2 rings (SSSR count). The third kappa shape index (κ3) is 3.70. The molecule has 4 nitrogen and oxygen atoms in total. The molecule has 1 fully saturated rings. The summed E-state index contributed by atoms with van der Waals surface area (Å²) in [4.78, 5) is 25.4. The van der Waals surface area contributed by atoms with Crippen LogP contribution in [0, 0.1) is 0 Å². The van der Waals surface area contributed by atoms with E-state index in [0.29, 0.717) is 25.3 Å². The zero-order chi connectivity index (χ0) is 14.4. The van der Waals surface area contributed by atoms with E-state index in [1.807, 2.05) is 35.2 Å². The molecule has 0 aromatic heterocycles. The van der Waals surface area contributed by atoms with Crippen LogP contribution in [0.15, 0.2) is 42.0 Å². The Kier molecular flexibility index (Phi) is 4.93. The van der Waals surface area contributed by atoms with E-state index >= 15 is 0 Å². The molecule has 0 N–H and O–H groups in total. The van der Waals surface area contributed by atoms with E-state index in [4.69, 9.17) is 4.74 Å². The Hall–Kier alpha value is -2.10. The summed E-state index contributed by atoms with van der Waals surface area (Å²) < 4.78 is 4.89. The normalized spacial score (nSPS) is 14.8. The molecule has 1 amide bonds. The van der Waals surface area contributed by atoms with E-state index < -0.39 is 0 Å². The monoisotopic (exact) mass is 273 g/mol. The molecule has 0 spiro atoms. The van der Waals surface area contributed by atoms with Gasteiger partial charge < -0.3 is 9.64 Å². The van der Waals surface area contributed by atoms with Gasteiger partial charge in [-0.15, -0.1) is 0 Å². The number of amides is 1. The summed E-state index contributed by atoms with van der Waals surface area (Å²) in [5.74, 6) is -0.230. The topological polar surface area (TPSA) is 46.6 Å². The summed E-state index contributed by atoms with van der Waals surface area (Å²) in [6.45, 7) is 3.48. The van der Waals surface area contributed by atoms with Crippen LogP contribution < -0.4 is 0 Å². The number of carbonyl (C=O) groups is 2. The number of hydrogen-bond acceptors (Lipinski definition) is 3. The lowest BCUT2D eigenvalue weighted by molar-refractivity contribution is -0.137. The van der Waals surface area contributed by atoms with Gasteiger partial charge in [-0.1, -0.05) is 23.8 Å². The van der Waals surface area contributed by atoms with E-state index in [1.54, 1.807) is 13.0 Å². The lowest BCUT2D eigenvalue weighted by atomic mass is 10.0. The molecule has 0 saturated carbocycles. The number of benzene rings is 1. The first-order valence-electron chi connectivity index (χ1n) is 6.91. The lowest BCUT2D eigenvalue weighted by Gasteiger charge is -2.28. The van der Waals surface area contributed by atoms with Crippen molar-refractivity contribution in [2.75, 3.05) is 19.7 Å². The van der Waals surface area contributed by atoms with Crippen molar-refractivity contribution < 1.29 is 14.3 Å². The first-order chi connectivity index (χ1) is 9.70. The summed E-state index contributed by atoms with van der Waals surface area (Å²) in [6, 6.07) is 9.28. The van der Waals surface area contributed by atoms with Gasteiger partial charge in [-0.2, -0.15) is 0 Å². The van der Waals surface area contributed by atoms with Crippen molar-refractivity contribution in [3.05, 3.63) is 47.5 Å². The predicted molar refractivity (Wildman–Crippen MR) is 76.3 cm³/mol. The van der Waals surface area contributed by atoms with E-state index in [1.165, 1.54) is 0 Å². The fourth-order valence-electron chi connectivity index (χ4n) is 2.26. The number of esters is 1. The van der Waals surface area contributed by atoms with Gasteiger partial charge in [0, 0.05) is 24.7 Å². The fraction of sp³-hybridized carbons (Fsp3) is 0.375. The van der Waals surface area contributed by atoms with Gasteiger partial charge in [-0.05, 0) is 31.9 Å². The van der Waals surface area contributed by atoms with E-state index in [0.717, 1.165) is 18.4 Å². The highest BCUT2D eigenvalue weighted by atomic mass is 16.5. The standard InChI is InChI=1S/C16H19NO3/c1-2-20-15(18)12-13-8-10-17(11-9-13)16(19)14-6-4-3-5-7-14/h3-7,12H,2,8-11H2,1H3. The Morgan fingerprint density at radius 2 is 1.85 bits per heavy atom. The molecule has 0 atom stereocenters. The molecular weight excluding hydrogens is 254 g/mol. The summed E-state index contributed by atoms with van der Waals surface area (Å²) in [6.07, 6.45) is 3.03. The number of ether oxygens (including phenoxy) is 1. The van der Waals surface area contributed by atoms with Crippen molar-refractivity contribution in [2.45, 2.75) is 19.8 Å². The zero-order valence-corrected chi connectivity index (χ0v) is 11.7. The molecule has 1 aromatic carbocycles. The molecule has 0 aliphatic carbocycles. The average Bonchev–Trinajstić information content (AvgIpc) is 2.48. The maximum atomic E-state index is 12.2. The van der Waals surface area contributed by atoms with Gasteiger partial charge in [0.1, 0.15) is 0 Å². The molecule has 1 saturated heterocycles. The average molecular weight is 273 g/mol. The van der Waals surface area contributed by atoms with Gasteiger partial charge in [-0.3, -0.25) is 4.79 Å². The van der Waals surface area contributed by atoms with Gasteiger partial charge in [0.25, 0.3) is 5.91 Å². The first kappa shape index (κ1) is 14.3. The van der Waals surface area contributed by atoms with Crippen LogP contribution in [-0.2, 0) is 9.53 Å². The first-order valence-corrected chi connectivity index (χ1v) is 6.91. The number of hydrogen-bond donors (Lipinski definition) is 0. The van der Waals surface area contributed by atoms with Crippen LogP contribution >= 0.6 is 0 Å². The van der Waals surface area contributed by atoms with E-state index in [2.05, 4.69) is 0 Å². The van der Waals surface area contributed by atoms with Crippen molar-refractivity contribution in [3.63, 3.8) is 0 Å². The number of rotatable bonds is 3. The third-order valence-corrected chi connectivity index (χ3v) is 3.32. The minimum absolute atomic E-state index is 0.0563. The smallest absolute Gasteiger partial charge is 0.330 e. The molecule has 0 radical (unpaired) electrons. The molecule has 1 aromatic rings. The molecule has 0 bridgehead atoms. The Morgan fingerprint density at radius 3 is 2.45 bits per heavy atom. The molecule has 106 valence electrons. The van der Waals surface area contributed by atoms with Gasteiger partial charge in [0.2, 0.25) is 0 Å².